The molecule has 0 amide bonds. The van der Waals surface area contributed by atoms with Crippen molar-refractivity contribution in [2.24, 2.45) is 11.7 Å². The first kappa shape index (κ1) is 15.7. The summed E-state index contributed by atoms with van der Waals surface area (Å²) in [5.74, 6) is 0.764. The molecule has 0 aromatic heterocycles. The van der Waals surface area contributed by atoms with Gasteiger partial charge in [0, 0.05) is 22.3 Å². The van der Waals surface area contributed by atoms with Gasteiger partial charge in [-0.1, -0.05) is 19.1 Å². The number of thiocarbonyl (C=S) groups is 1. The van der Waals surface area contributed by atoms with Crippen molar-refractivity contribution in [2.45, 2.75) is 19.8 Å². The third-order valence-corrected chi connectivity index (χ3v) is 4.88. The highest BCUT2D eigenvalue weighted by Gasteiger charge is 2.17. The van der Waals surface area contributed by atoms with E-state index in [2.05, 4.69) is 33.1 Å². The number of likely N-dealkylation sites (tertiary alicyclic amines) is 1. The zero-order valence-corrected chi connectivity index (χ0v) is 14.3. The summed E-state index contributed by atoms with van der Waals surface area (Å²) in [6.45, 7) is 6.89. The largest absolute Gasteiger partial charge is 0.389 e. The molecule has 0 bridgehead atoms. The second-order valence-corrected chi connectivity index (χ2v) is 6.61. The van der Waals surface area contributed by atoms with Crippen LogP contribution >= 0.6 is 28.1 Å². The molecule has 0 spiro atoms. The Morgan fingerprint density at radius 2 is 2.15 bits per heavy atom. The highest BCUT2D eigenvalue weighted by atomic mass is 79.9. The topological polar surface area (TPSA) is 41.3 Å². The maximum absolute atomic E-state index is 5.64. The Labute approximate surface area is 135 Å². The van der Waals surface area contributed by atoms with Gasteiger partial charge in [-0.05, 0) is 72.5 Å². The van der Waals surface area contributed by atoms with Crippen LogP contribution in [0.4, 0.5) is 5.69 Å². The monoisotopic (exact) mass is 355 g/mol. The maximum Gasteiger partial charge on any atom is 0.104 e. The van der Waals surface area contributed by atoms with Crippen molar-refractivity contribution in [2.75, 3.05) is 31.5 Å². The van der Waals surface area contributed by atoms with Gasteiger partial charge in [0.25, 0.3) is 0 Å². The third kappa shape index (κ3) is 4.17. The molecule has 0 radical (unpaired) electrons. The van der Waals surface area contributed by atoms with Gasteiger partial charge in [-0.15, -0.1) is 0 Å². The van der Waals surface area contributed by atoms with Crippen molar-refractivity contribution in [1.82, 2.24) is 4.90 Å². The summed E-state index contributed by atoms with van der Waals surface area (Å²) in [6.07, 6.45) is 2.56. The lowest BCUT2D eigenvalue weighted by atomic mass is 9.97. The van der Waals surface area contributed by atoms with E-state index >= 15 is 0 Å². The van der Waals surface area contributed by atoms with Crippen LogP contribution in [0.25, 0.3) is 0 Å². The lowest BCUT2D eigenvalue weighted by molar-refractivity contribution is 0.198. The van der Waals surface area contributed by atoms with Gasteiger partial charge in [0.15, 0.2) is 0 Å². The van der Waals surface area contributed by atoms with Crippen molar-refractivity contribution >= 4 is 38.8 Å². The molecule has 1 saturated heterocycles. The van der Waals surface area contributed by atoms with Crippen molar-refractivity contribution < 1.29 is 0 Å². The Balaban J connectivity index is 1.87. The van der Waals surface area contributed by atoms with Gasteiger partial charge in [0.05, 0.1) is 0 Å². The summed E-state index contributed by atoms with van der Waals surface area (Å²) in [6, 6.07) is 5.99. The van der Waals surface area contributed by atoms with Crippen LogP contribution in [0, 0.1) is 5.92 Å². The normalized spacial score (nSPS) is 17.1. The van der Waals surface area contributed by atoms with Gasteiger partial charge >= 0.3 is 0 Å². The number of nitrogens with one attached hydrogen (secondary N) is 1. The molecule has 1 aromatic rings. The summed E-state index contributed by atoms with van der Waals surface area (Å²) in [4.78, 5) is 2.95. The molecule has 20 heavy (non-hydrogen) atoms. The highest BCUT2D eigenvalue weighted by molar-refractivity contribution is 9.10. The Kier molecular flexibility index (Phi) is 5.81. The summed E-state index contributed by atoms with van der Waals surface area (Å²) in [5, 5.41) is 3.53. The number of anilines is 1. The molecule has 5 heteroatoms. The van der Waals surface area contributed by atoms with Crippen LogP contribution in [-0.2, 0) is 0 Å². The standard InChI is InChI=1S/C15H22BrN3S/c1-2-19-7-5-11(6-8-19)10-18-14-4-3-12(15(17)20)9-13(14)16/h3-4,9,11,18H,2,5-8,10H2,1H3,(H2,17,20). The van der Waals surface area contributed by atoms with Gasteiger partial charge < -0.3 is 16.0 Å². The Morgan fingerprint density at radius 1 is 1.45 bits per heavy atom. The maximum atomic E-state index is 5.64. The molecule has 0 unspecified atom stereocenters. The van der Waals surface area contributed by atoms with E-state index in [4.69, 9.17) is 18.0 Å². The average molecular weight is 356 g/mol. The van der Waals surface area contributed by atoms with Crippen molar-refractivity contribution in [3.05, 3.63) is 28.2 Å². The fourth-order valence-corrected chi connectivity index (χ4v) is 3.22. The number of nitrogens with two attached hydrogens (primary N) is 1. The molecule has 1 aliphatic heterocycles. The molecule has 2 rings (SSSR count). The van der Waals surface area contributed by atoms with E-state index in [1.165, 1.54) is 32.5 Å². The smallest absolute Gasteiger partial charge is 0.104 e. The van der Waals surface area contributed by atoms with Gasteiger partial charge in [-0.3, -0.25) is 0 Å². The van der Waals surface area contributed by atoms with E-state index in [0.29, 0.717) is 4.99 Å². The second-order valence-electron chi connectivity index (χ2n) is 5.32. The van der Waals surface area contributed by atoms with Crippen LogP contribution in [0.15, 0.2) is 22.7 Å². The lowest BCUT2D eigenvalue weighted by Crippen LogP contribution is -2.35. The van der Waals surface area contributed by atoms with Crippen molar-refractivity contribution in [3.8, 4) is 0 Å². The number of hydrogen-bond acceptors (Lipinski definition) is 3. The Bertz CT molecular complexity index is 470. The quantitative estimate of drug-likeness (QED) is 0.795. The fraction of sp³-hybridized carbons (Fsp3) is 0.533. The van der Waals surface area contributed by atoms with E-state index in [1.54, 1.807) is 0 Å². The van der Waals surface area contributed by atoms with E-state index in [0.717, 1.165) is 28.2 Å². The first-order valence-corrected chi connectivity index (χ1v) is 8.36. The van der Waals surface area contributed by atoms with Crippen molar-refractivity contribution in [1.29, 1.82) is 0 Å². The molecule has 0 saturated carbocycles. The molecule has 1 heterocycles. The average Bonchev–Trinajstić information content (AvgIpc) is 2.46. The van der Waals surface area contributed by atoms with E-state index in [9.17, 15) is 0 Å². The highest BCUT2D eigenvalue weighted by Crippen LogP contribution is 2.25. The minimum atomic E-state index is 0.434. The predicted molar refractivity (Wildman–Crippen MR) is 93.4 cm³/mol. The van der Waals surface area contributed by atoms with Crippen LogP contribution in [0.2, 0.25) is 0 Å². The second kappa shape index (κ2) is 7.38. The molecule has 3 N–H and O–H groups in total. The number of halogens is 1. The molecule has 3 nitrogen and oxygen atoms in total. The van der Waals surface area contributed by atoms with E-state index in [-0.39, 0.29) is 0 Å². The number of rotatable bonds is 5. The van der Waals surface area contributed by atoms with Gasteiger partial charge in [0.1, 0.15) is 4.99 Å². The van der Waals surface area contributed by atoms with E-state index in [1.807, 2.05) is 18.2 Å². The SMILES string of the molecule is CCN1CCC(CNc2ccc(C(N)=S)cc2Br)CC1. The zero-order valence-electron chi connectivity index (χ0n) is 11.9. The molecular formula is C15H22BrN3S. The van der Waals surface area contributed by atoms with Crippen LogP contribution < -0.4 is 11.1 Å². The van der Waals surface area contributed by atoms with Gasteiger partial charge in [-0.2, -0.15) is 0 Å². The summed E-state index contributed by atoms with van der Waals surface area (Å²) >= 11 is 8.56. The number of nitrogens with zero attached hydrogens (tertiary/aromatic N) is 1. The van der Waals surface area contributed by atoms with Gasteiger partial charge in [-0.25, -0.2) is 0 Å². The Morgan fingerprint density at radius 3 is 2.70 bits per heavy atom. The van der Waals surface area contributed by atoms with Crippen LogP contribution in [0.3, 0.4) is 0 Å². The summed E-state index contributed by atoms with van der Waals surface area (Å²) in [5.41, 5.74) is 7.65. The minimum absolute atomic E-state index is 0.434. The van der Waals surface area contributed by atoms with Crippen LogP contribution in [0.5, 0.6) is 0 Å². The summed E-state index contributed by atoms with van der Waals surface area (Å²) < 4.78 is 1.02. The molecule has 110 valence electrons. The Hall–Kier alpha value is -0.650. The third-order valence-electron chi connectivity index (χ3n) is 3.99. The van der Waals surface area contributed by atoms with Gasteiger partial charge in [0.2, 0.25) is 0 Å². The number of benzene rings is 1. The first-order chi connectivity index (χ1) is 9.60. The minimum Gasteiger partial charge on any atom is -0.389 e. The molecule has 1 aromatic carbocycles. The summed E-state index contributed by atoms with van der Waals surface area (Å²) in [7, 11) is 0. The molecule has 0 aliphatic carbocycles. The zero-order chi connectivity index (χ0) is 14.5. The van der Waals surface area contributed by atoms with Crippen molar-refractivity contribution in [3.63, 3.8) is 0 Å². The lowest BCUT2D eigenvalue weighted by Gasteiger charge is -2.31. The fourth-order valence-electron chi connectivity index (χ4n) is 2.57. The molecule has 0 atom stereocenters. The molecule has 1 fully saturated rings. The number of hydrogen-bond donors (Lipinski definition) is 2. The first-order valence-electron chi connectivity index (χ1n) is 7.15. The molecule has 1 aliphatic rings. The van der Waals surface area contributed by atoms with Crippen LogP contribution in [-0.4, -0.2) is 36.1 Å². The number of piperidine rings is 1. The molecular weight excluding hydrogens is 334 g/mol. The predicted octanol–water partition coefficient (Wildman–Crippen LogP) is 3.23. The van der Waals surface area contributed by atoms with E-state index < -0.39 is 0 Å². The van der Waals surface area contributed by atoms with Crippen LogP contribution in [0.1, 0.15) is 25.3 Å².